The van der Waals surface area contributed by atoms with Crippen molar-refractivity contribution in [3.05, 3.63) is 35.4 Å². The van der Waals surface area contributed by atoms with Gasteiger partial charge in [-0.3, -0.25) is 0 Å². The highest BCUT2D eigenvalue weighted by Gasteiger charge is 2.05. The molecule has 0 fully saturated rings. The average molecular weight is 208 g/mol. The van der Waals surface area contributed by atoms with Gasteiger partial charge >= 0.3 is 5.97 Å². The minimum absolute atomic E-state index is 0.231. The third kappa shape index (κ3) is 5.21. The molecule has 1 aromatic rings. The quantitative estimate of drug-likeness (QED) is 0.709. The molecular weight excluding hydrogens is 188 g/mol. The summed E-state index contributed by atoms with van der Waals surface area (Å²) >= 11 is 0. The van der Waals surface area contributed by atoms with Crippen molar-refractivity contribution in [2.45, 2.75) is 34.1 Å². The molecule has 0 unspecified atom stereocenters. The highest BCUT2D eigenvalue weighted by molar-refractivity contribution is 5.89. The fourth-order valence-electron chi connectivity index (χ4n) is 1.05. The minimum Gasteiger partial charge on any atom is -0.462 e. The molecule has 0 N–H and O–H groups in total. The lowest BCUT2D eigenvalue weighted by Crippen LogP contribution is -2.05. The van der Waals surface area contributed by atoms with E-state index < -0.39 is 0 Å². The summed E-state index contributed by atoms with van der Waals surface area (Å²) in [5.41, 5.74) is 1.71. The first-order valence-electron chi connectivity index (χ1n) is 5.48. The van der Waals surface area contributed by atoms with Crippen LogP contribution in [0.1, 0.15) is 43.1 Å². The Kier molecular flexibility index (Phi) is 7.33. The number of hydrogen-bond acceptors (Lipinski definition) is 2. The molecule has 0 aliphatic carbocycles. The first kappa shape index (κ1) is 13.7. The van der Waals surface area contributed by atoms with Crippen LogP contribution in [0.4, 0.5) is 0 Å². The number of carbonyl (C=O) groups excluding carboxylic acids is 1. The lowest BCUT2D eigenvalue weighted by atomic mass is 10.1. The van der Waals surface area contributed by atoms with Crippen molar-refractivity contribution >= 4 is 5.97 Å². The van der Waals surface area contributed by atoms with Crippen LogP contribution in [-0.4, -0.2) is 12.6 Å². The van der Waals surface area contributed by atoms with Gasteiger partial charge in [-0.2, -0.15) is 0 Å². The van der Waals surface area contributed by atoms with Crippen LogP contribution < -0.4 is 0 Å². The number of carbonyl (C=O) groups is 1. The molecule has 0 bridgehead atoms. The number of hydrogen-bond donors (Lipinski definition) is 0. The lowest BCUT2D eigenvalue weighted by molar-refractivity contribution is 0.0505. The van der Waals surface area contributed by atoms with E-state index in [4.69, 9.17) is 4.74 Å². The first-order valence-corrected chi connectivity index (χ1v) is 5.48. The van der Waals surface area contributed by atoms with Crippen molar-refractivity contribution in [2.24, 2.45) is 0 Å². The van der Waals surface area contributed by atoms with Crippen LogP contribution in [0, 0.1) is 6.92 Å². The van der Waals surface area contributed by atoms with E-state index in [2.05, 4.69) is 0 Å². The highest BCUT2D eigenvalue weighted by atomic mass is 16.5. The second-order valence-electron chi connectivity index (χ2n) is 3.01. The van der Waals surface area contributed by atoms with Gasteiger partial charge in [0.25, 0.3) is 0 Å². The van der Waals surface area contributed by atoms with E-state index in [9.17, 15) is 4.79 Å². The van der Waals surface area contributed by atoms with Gasteiger partial charge in [-0.1, -0.05) is 38.5 Å². The second kappa shape index (κ2) is 8.04. The van der Waals surface area contributed by atoms with E-state index in [1.54, 1.807) is 6.07 Å². The molecule has 0 saturated heterocycles. The standard InChI is InChI=1S/C11H14O2.C2H6/c1-3-7-13-11(12)10-6-4-5-9(2)8-10;1-2/h4-6,8H,3,7H2,1-2H3;1-2H3. The van der Waals surface area contributed by atoms with E-state index >= 15 is 0 Å². The Balaban J connectivity index is 0.000000921. The van der Waals surface area contributed by atoms with E-state index in [-0.39, 0.29) is 5.97 Å². The predicted molar refractivity (Wildman–Crippen MR) is 63.1 cm³/mol. The van der Waals surface area contributed by atoms with Gasteiger partial charge in [0.05, 0.1) is 12.2 Å². The third-order valence-electron chi connectivity index (χ3n) is 1.69. The SMILES string of the molecule is CC.CCCOC(=O)c1cccc(C)c1. The lowest BCUT2D eigenvalue weighted by Gasteiger charge is -2.02. The predicted octanol–water partition coefficient (Wildman–Crippen LogP) is 3.59. The van der Waals surface area contributed by atoms with E-state index in [1.807, 2.05) is 45.9 Å². The maximum absolute atomic E-state index is 11.3. The molecule has 0 aliphatic rings. The van der Waals surface area contributed by atoms with Gasteiger partial charge in [-0.15, -0.1) is 0 Å². The van der Waals surface area contributed by atoms with Gasteiger partial charge in [0, 0.05) is 0 Å². The largest absolute Gasteiger partial charge is 0.462 e. The molecule has 0 aromatic heterocycles. The van der Waals surface area contributed by atoms with Gasteiger partial charge in [0.1, 0.15) is 0 Å². The van der Waals surface area contributed by atoms with Gasteiger partial charge in [0.15, 0.2) is 0 Å². The van der Waals surface area contributed by atoms with Gasteiger partial charge in [0.2, 0.25) is 0 Å². The zero-order chi connectivity index (χ0) is 11.7. The summed E-state index contributed by atoms with van der Waals surface area (Å²) in [5, 5.41) is 0. The highest BCUT2D eigenvalue weighted by Crippen LogP contribution is 2.05. The molecule has 0 aliphatic heterocycles. The molecule has 0 spiro atoms. The molecule has 2 heteroatoms. The van der Waals surface area contributed by atoms with Gasteiger partial charge < -0.3 is 4.74 Å². The summed E-state index contributed by atoms with van der Waals surface area (Å²) in [6.07, 6.45) is 0.859. The molecule has 0 saturated carbocycles. The molecule has 0 radical (unpaired) electrons. The van der Waals surface area contributed by atoms with Crippen molar-refractivity contribution in [2.75, 3.05) is 6.61 Å². The summed E-state index contributed by atoms with van der Waals surface area (Å²) in [6, 6.07) is 7.41. The zero-order valence-electron chi connectivity index (χ0n) is 10.0. The normalized spacial score (nSPS) is 8.80. The van der Waals surface area contributed by atoms with Gasteiger partial charge in [-0.25, -0.2) is 4.79 Å². The minimum atomic E-state index is -0.231. The topological polar surface area (TPSA) is 26.3 Å². The van der Waals surface area contributed by atoms with Crippen LogP contribution in [0.5, 0.6) is 0 Å². The Bertz CT molecular complexity index is 292. The monoisotopic (exact) mass is 208 g/mol. The summed E-state index contributed by atoms with van der Waals surface area (Å²) in [6.45, 7) is 8.42. The Morgan fingerprint density at radius 2 is 2.00 bits per heavy atom. The second-order valence-corrected chi connectivity index (χ2v) is 3.01. The van der Waals surface area contributed by atoms with E-state index in [1.165, 1.54) is 0 Å². The number of esters is 1. The Hall–Kier alpha value is -1.31. The molecule has 1 rings (SSSR count). The van der Waals surface area contributed by atoms with Crippen molar-refractivity contribution in [1.29, 1.82) is 0 Å². The van der Waals surface area contributed by atoms with Crippen LogP contribution in [0.15, 0.2) is 24.3 Å². The van der Waals surface area contributed by atoms with Crippen molar-refractivity contribution in [3.8, 4) is 0 Å². The molecule has 0 amide bonds. The molecule has 0 atom stereocenters. The summed E-state index contributed by atoms with van der Waals surface area (Å²) in [7, 11) is 0. The molecule has 84 valence electrons. The summed E-state index contributed by atoms with van der Waals surface area (Å²) in [4.78, 5) is 11.3. The van der Waals surface area contributed by atoms with E-state index in [0.29, 0.717) is 12.2 Å². The third-order valence-corrected chi connectivity index (χ3v) is 1.69. The fraction of sp³-hybridized carbons (Fsp3) is 0.462. The van der Waals surface area contributed by atoms with Crippen molar-refractivity contribution in [3.63, 3.8) is 0 Å². The molecule has 2 nitrogen and oxygen atoms in total. The maximum atomic E-state index is 11.3. The Morgan fingerprint density at radius 3 is 2.53 bits per heavy atom. The van der Waals surface area contributed by atoms with Crippen molar-refractivity contribution < 1.29 is 9.53 Å². The number of rotatable bonds is 3. The zero-order valence-corrected chi connectivity index (χ0v) is 10.0. The van der Waals surface area contributed by atoms with Crippen LogP contribution in [0.25, 0.3) is 0 Å². The Labute approximate surface area is 92.3 Å². The average Bonchev–Trinajstić information content (AvgIpc) is 2.28. The number of benzene rings is 1. The fourth-order valence-corrected chi connectivity index (χ4v) is 1.05. The number of aryl methyl sites for hydroxylation is 1. The van der Waals surface area contributed by atoms with Crippen LogP contribution >= 0.6 is 0 Å². The molecule has 15 heavy (non-hydrogen) atoms. The van der Waals surface area contributed by atoms with Gasteiger partial charge in [-0.05, 0) is 25.5 Å². The van der Waals surface area contributed by atoms with Crippen molar-refractivity contribution in [1.82, 2.24) is 0 Å². The van der Waals surface area contributed by atoms with Crippen LogP contribution in [0.2, 0.25) is 0 Å². The first-order chi connectivity index (χ1) is 7.24. The molecule has 1 aromatic carbocycles. The Morgan fingerprint density at radius 1 is 1.33 bits per heavy atom. The summed E-state index contributed by atoms with van der Waals surface area (Å²) in [5.74, 6) is -0.231. The van der Waals surface area contributed by atoms with Crippen LogP contribution in [-0.2, 0) is 4.74 Å². The molecular formula is C13H20O2. The smallest absolute Gasteiger partial charge is 0.338 e. The van der Waals surface area contributed by atoms with E-state index in [0.717, 1.165) is 12.0 Å². The summed E-state index contributed by atoms with van der Waals surface area (Å²) < 4.78 is 4.99. The van der Waals surface area contributed by atoms with Crippen LogP contribution in [0.3, 0.4) is 0 Å². The molecule has 0 heterocycles. The number of ether oxygens (including phenoxy) is 1. The maximum Gasteiger partial charge on any atom is 0.338 e.